The second-order valence-electron chi connectivity index (χ2n) is 4.64. The maximum Gasteiger partial charge on any atom is 0.204 e. The molecule has 4 rings (SSSR count). The molecule has 0 spiro atoms. The number of nitrogens with one attached hydrogen (secondary N) is 1. The van der Waals surface area contributed by atoms with Crippen molar-refractivity contribution < 1.29 is 9.47 Å². The van der Waals surface area contributed by atoms with Crippen LogP contribution in [-0.4, -0.2) is 20.7 Å². The average Bonchev–Trinajstić information content (AvgIpc) is 2.97. The Morgan fingerprint density at radius 3 is 3.05 bits per heavy atom. The first-order valence-electron chi connectivity index (χ1n) is 6.10. The highest BCUT2D eigenvalue weighted by molar-refractivity contribution is 6.17. The van der Waals surface area contributed by atoms with Gasteiger partial charge < -0.3 is 18.9 Å². The molecule has 0 unspecified atom stereocenters. The van der Waals surface area contributed by atoms with Crippen LogP contribution in [0.2, 0.25) is 0 Å². The number of alkyl halides is 1. The van der Waals surface area contributed by atoms with Crippen LogP contribution in [0.15, 0.2) is 24.5 Å². The Hall–Kier alpha value is -1.56. The lowest BCUT2D eigenvalue weighted by atomic mass is 10.3. The SMILES string of the molecule is CC1OC(c2cc3c(ccn4cc(CCl)nc34)[nH]2)O1. The Morgan fingerprint density at radius 2 is 2.32 bits per heavy atom. The van der Waals surface area contributed by atoms with Crippen LogP contribution in [0.25, 0.3) is 16.6 Å². The molecule has 0 bridgehead atoms. The van der Waals surface area contributed by atoms with Crippen LogP contribution in [0, 0.1) is 0 Å². The molecule has 6 heteroatoms. The zero-order valence-electron chi connectivity index (χ0n) is 10.3. The molecule has 0 radical (unpaired) electrons. The van der Waals surface area contributed by atoms with E-state index in [-0.39, 0.29) is 12.6 Å². The lowest BCUT2D eigenvalue weighted by Gasteiger charge is -2.32. The molecule has 1 fully saturated rings. The van der Waals surface area contributed by atoms with Crippen molar-refractivity contribution in [1.82, 2.24) is 14.4 Å². The van der Waals surface area contributed by atoms with Crippen LogP contribution in [0.4, 0.5) is 0 Å². The van der Waals surface area contributed by atoms with E-state index in [1.807, 2.05) is 35.9 Å². The largest absolute Gasteiger partial charge is 0.354 e. The van der Waals surface area contributed by atoms with E-state index in [1.54, 1.807) is 0 Å². The van der Waals surface area contributed by atoms with Crippen molar-refractivity contribution in [1.29, 1.82) is 0 Å². The van der Waals surface area contributed by atoms with Crippen molar-refractivity contribution in [3.63, 3.8) is 0 Å². The number of ether oxygens (including phenoxy) is 2. The number of hydrogen-bond donors (Lipinski definition) is 1. The second kappa shape index (κ2) is 3.96. The number of H-pyrrole nitrogens is 1. The molecule has 0 atom stereocenters. The molecule has 1 aliphatic heterocycles. The average molecular weight is 278 g/mol. The van der Waals surface area contributed by atoms with E-state index in [9.17, 15) is 0 Å². The molecule has 0 aromatic carbocycles. The maximum atomic E-state index is 5.83. The van der Waals surface area contributed by atoms with Gasteiger partial charge in [-0.1, -0.05) is 0 Å². The van der Waals surface area contributed by atoms with Gasteiger partial charge in [0.15, 0.2) is 6.29 Å². The fourth-order valence-corrected chi connectivity index (χ4v) is 2.55. The van der Waals surface area contributed by atoms with Gasteiger partial charge in [-0.05, 0) is 19.1 Å². The third-order valence-electron chi connectivity index (χ3n) is 3.32. The van der Waals surface area contributed by atoms with Crippen molar-refractivity contribution in [2.24, 2.45) is 0 Å². The number of halogens is 1. The maximum absolute atomic E-state index is 5.83. The van der Waals surface area contributed by atoms with Gasteiger partial charge >= 0.3 is 0 Å². The van der Waals surface area contributed by atoms with Crippen LogP contribution in [0.3, 0.4) is 0 Å². The number of pyridine rings is 1. The highest BCUT2D eigenvalue weighted by atomic mass is 35.5. The predicted molar refractivity (Wildman–Crippen MR) is 71.0 cm³/mol. The van der Waals surface area contributed by atoms with Crippen molar-refractivity contribution >= 4 is 28.2 Å². The summed E-state index contributed by atoms with van der Waals surface area (Å²) in [7, 11) is 0. The summed E-state index contributed by atoms with van der Waals surface area (Å²) < 4.78 is 13.0. The summed E-state index contributed by atoms with van der Waals surface area (Å²) >= 11 is 5.83. The quantitative estimate of drug-likeness (QED) is 0.733. The highest BCUT2D eigenvalue weighted by Gasteiger charge is 2.30. The first-order chi connectivity index (χ1) is 9.24. The smallest absolute Gasteiger partial charge is 0.204 e. The molecular formula is C13H12ClN3O2. The molecule has 3 aromatic heterocycles. The Labute approximate surface area is 114 Å². The van der Waals surface area contributed by atoms with Crippen molar-refractivity contribution in [3.05, 3.63) is 35.9 Å². The minimum Gasteiger partial charge on any atom is -0.354 e. The summed E-state index contributed by atoms with van der Waals surface area (Å²) in [5.74, 6) is 0.410. The van der Waals surface area contributed by atoms with Gasteiger partial charge in [0.25, 0.3) is 0 Å². The Morgan fingerprint density at radius 1 is 1.47 bits per heavy atom. The van der Waals surface area contributed by atoms with Crippen LogP contribution in [0.5, 0.6) is 0 Å². The highest BCUT2D eigenvalue weighted by Crippen LogP contribution is 2.33. The van der Waals surface area contributed by atoms with Gasteiger partial charge in [0.2, 0.25) is 6.29 Å². The van der Waals surface area contributed by atoms with Gasteiger partial charge in [0, 0.05) is 17.8 Å². The summed E-state index contributed by atoms with van der Waals surface area (Å²) in [5, 5.41) is 1.04. The van der Waals surface area contributed by atoms with Crippen LogP contribution < -0.4 is 0 Å². The number of imidazole rings is 1. The molecule has 4 heterocycles. The molecule has 0 amide bonds. The molecule has 98 valence electrons. The lowest BCUT2D eigenvalue weighted by molar-refractivity contribution is -0.383. The van der Waals surface area contributed by atoms with E-state index in [4.69, 9.17) is 21.1 Å². The van der Waals surface area contributed by atoms with Crippen LogP contribution >= 0.6 is 11.6 Å². The minimum absolute atomic E-state index is 0.134. The second-order valence-corrected chi connectivity index (χ2v) is 4.90. The van der Waals surface area contributed by atoms with Gasteiger partial charge in [-0.25, -0.2) is 4.98 Å². The molecule has 0 aliphatic carbocycles. The van der Waals surface area contributed by atoms with Gasteiger partial charge in [0.05, 0.1) is 22.8 Å². The normalized spacial score (nSPS) is 23.1. The van der Waals surface area contributed by atoms with Crippen molar-refractivity contribution in [2.45, 2.75) is 25.4 Å². The Kier molecular flexibility index (Phi) is 2.35. The first kappa shape index (κ1) is 11.3. The molecule has 1 aliphatic rings. The van der Waals surface area contributed by atoms with E-state index >= 15 is 0 Å². The number of nitrogens with zero attached hydrogens (tertiary/aromatic N) is 2. The summed E-state index contributed by atoms with van der Waals surface area (Å²) in [4.78, 5) is 7.82. The molecular weight excluding hydrogens is 266 g/mol. The molecule has 19 heavy (non-hydrogen) atoms. The Bertz CT molecular complexity index is 758. The summed E-state index contributed by atoms with van der Waals surface area (Å²) in [6.45, 7) is 1.87. The summed E-state index contributed by atoms with van der Waals surface area (Å²) in [5.41, 5.74) is 3.68. The molecule has 0 saturated carbocycles. The molecule has 5 nitrogen and oxygen atoms in total. The standard InChI is InChI=1S/C13H12ClN3O2/c1-7-18-13(19-7)11-4-9-10(16-11)2-3-17-6-8(5-14)15-12(9)17/h2-4,6-7,13,16H,5H2,1H3. The third kappa shape index (κ3) is 1.66. The number of aromatic nitrogens is 3. The number of fused-ring (bicyclic) bond motifs is 3. The number of hydrogen-bond acceptors (Lipinski definition) is 3. The van der Waals surface area contributed by atoms with Crippen molar-refractivity contribution in [3.8, 4) is 0 Å². The van der Waals surface area contributed by atoms with E-state index in [2.05, 4.69) is 9.97 Å². The van der Waals surface area contributed by atoms with Gasteiger partial charge in [-0.3, -0.25) is 0 Å². The summed E-state index contributed by atoms with van der Waals surface area (Å²) in [6, 6.07) is 4.03. The fourth-order valence-electron chi connectivity index (χ4n) is 2.42. The summed E-state index contributed by atoms with van der Waals surface area (Å²) in [6.07, 6.45) is 3.47. The zero-order chi connectivity index (χ0) is 13.0. The monoisotopic (exact) mass is 277 g/mol. The lowest BCUT2D eigenvalue weighted by Crippen LogP contribution is -2.31. The minimum atomic E-state index is -0.301. The molecule has 3 aromatic rings. The van der Waals surface area contributed by atoms with E-state index < -0.39 is 0 Å². The van der Waals surface area contributed by atoms with Crippen LogP contribution in [0.1, 0.15) is 24.6 Å². The third-order valence-corrected chi connectivity index (χ3v) is 3.59. The number of rotatable bonds is 2. The van der Waals surface area contributed by atoms with Gasteiger partial charge in [0.1, 0.15) is 5.65 Å². The van der Waals surface area contributed by atoms with E-state index in [0.717, 1.165) is 27.9 Å². The Balaban J connectivity index is 1.87. The first-order valence-corrected chi connectivity index (χ1v) is 6.64. The topological polar surface area (TPSA) is 51.5 Å². The fraction of sp³-hybridized carbons (Fsp3) is 0.308. The molecule has 1 saturated heterocycles. The van der Waals surface area contributed by atoms with E-state index in [0.29, 0.717) is 5.88 Å². The van der Waals surface area contributed by atoms with E-state index in [1.165, 1.54) is 0 Å². The van der Waals surface area contributed by atoms with Crippen molar-refractivity contribution in [2.75, 3.05) is 0 Å². The number of aromatic amines is 1. The predicted octanol–water partition coefficient (Wildman–Crippen LogP) is 2.95. The van der Waals surface area contributed by atoms with Gasteiger partial charge in [-0.2, -0.15) is 0 Å². The van der Waals surface area contributed by atoms with Gasteiger partial charge in [-0.15, -0.1) is 11.6 Å². The zero-order valence-corrected chi connectivity index (χ0v) is 11.0. The van der Waals surface area contributed by atoms with Crippen LogP contribution in [-0.2, 0) is 15.4 Å². The molecule has 1 N–H and O–H groups in total.